The monoisotopic (exact) mass is 974 g/mol. The number of likely N-dealkylation sites (N-methyl/N-ethyl adjacent to an activating group) is 1. The molecule has 0 saturated carbocycles. The van der Waals surface area contributed by atoms with Gasteiger partial charge in [-0.15, -0.1) is 0 Å². The molecule has 17 nitrogen and oxygen atoms in total. The summed E-state index contributed by atoms with van der Waals surface area (Å²) in [5.41, 5.74) is -4.21. The van der Waals surface area contributed by atoms with E-state index in [0.717, 1.165) is 0 Å². The number of hydrogen-bond donors (Lipinski definition) is 4. The summed E-state index contributed by atoms with van der Waals surface area (Å²) in [5.74, 6) is -5.71. The largest absolute Gasteiger partial charge is 0.459 e. The lowest BCUT2D eigenvalue weighted by Gasteiger charge is -2.50. The average molecular weight is 974 g/mol. The summed E-state index contributed by atoms with van der Waals surface area (Å²) in [6.07, 6.45) is -11.4. The van der Waals surface area contributed by atoms with E-state index in [1.165, 1.54) is 14.2 Å². The average Bonchev–Trinajstić information content (AvgIpc) is 3.34. The van der Waals surface area contributed by atoms with Gasteiger partial charge in [-0.3, -0.25) is 4.79 Å². The number of rotatable bonds is 13. The molecule has 0 radical (unpaired) electrons. The summed E-state index contributed by atoms with van der Waals surface area (Å²) >= 11 is 0. The standard InChI is InChI=1S/C52H79NO16/c1-14-38-52(60,28-54)43(56)31(4)40(55)29(2)26-50(8,61-12)44(69-49-42(37(53(10)11)25-30(3)63-49)67-47(58)35-21-17-15-18-22-35)32(5)41(33(6)46(57)65-38)66-39-27-51(9,62-13)45(34(7)64-39)68-48(59)36-23-19-16-20-24-36/h15-24,29-34,37-45,49,54-56,60H,14,25-28H2,1-13H3/t29-,30-,31+,32+,33-,34+,37+,38-,39+,40+,41+,42-,43-,44-,45+,49+,50-,51-,52-/m1/s1. The number of hydrogen-bond acceptors (Lipinski definition) is 17. The van der Waals surface area contributed by atoms with Crippen molar-refractivity contribution in [3.8, 4) is 0 Å². The first-order valence-electron chi connectivity index (χ1n) is 24.3. The van der Waals surface area contributed by atoms with Crippen LogP contribution >= 0.6 is 0 Å². The van der Waals surface area contributed by atoms with Crippen LogP contribution in [-0.2, 0) is 47.4 Å². The molecule has 5 rings (SSSR count). The normalized spacial score (nSPS) is 40.6. The fourth-order valence-electron chi connectivity index (χ4n) is 10.6. The van der Waals surface area contributed by atoms with Crippen LogP contribution in [0.4, 0.5) is 0 Å². The second-order valence-electron chi connectivity index (χ2n) is 20.3. The number of nitrogens with zero attached hydrogens (tertiary/aromatic N) is 1. The molecule has 3 saturated heterocycles. The fourth-order valence-corrected chi connectivity index (χ4v) is 10.6. The number of carbonyl (C=O) groups excluding carboxylic acids is 3. The highest BCUT2D eigenvalue weighted by molar-refractivity contribution is 5.90. The Labute approximate surface area is 408 Å². The maximum atomic E-state index is 14.7. The van der Waals surface area contributed by atoms with Gasteiger partial charge in [-0.1, -0.05) is 64.1 Å². The number of ether oxygens (including phenoxy) is 9. The van der Waals surface area contributed by atoms with Gasteiger partial charge in [0.1, 0.15) is 11.7 Å². The third-order valence-electron chi connectivity index (χ3n) is 15.0. The third-order valence-corrected chi connectivity index (χ3v) is 15.0. The molecule has 0 bridgehead atoms. The SMILES string of the molecule is CC[C@H]1OC(=O)[C@H](C)[C@@H](O[C@H]2C[C@@](C)(OC)[C@@H](OC(=O)c3ccccc3)[C@H](C)O2)[C@H](C)[C@@H](O[C@@H]2O[C@H](C)C[C@H](N(C)C)[C@H]2OC(=O)c2ccccc2)[C@](C)(OC)C[C@@H](C)[C@H](O)[C@H](C)[C@@H](O)[C@@]1(O)CO. The van der Waals surface area contributed by atoms with Crippen LogP contribution in [0.3, 0.4) is 0 Å². The molecule has 2 aromatic rings. The van der Waals surface area contributed by atoms with Gasteiger partial charge >= 0.3 is 17.9 Å². The Balaban J connectivity index is 1.63. The lowest BCUT2D eigenvalue weighted by molar-refractivity contribution is -0.319. The second-order valence-corrected chi connectivity index (χ2v) is 20.3. The fraction of sp³-hybridized carbons (Fsp3) is 0.712. The van der Waals surface area contributed by atoms with Crippen molar-refractivity contribution in [1.82, 2.24) is 4.90 Å². The molecule has 3 heterocycles. The number of aliphatic hydroxyl groups is 4. The van der Waals surface area contributed by atoms with Gasteiger partial charge in [0.15, 0.2) is 30.4 Å². The predicted octanol–water partition coefficient (Wildman–Crippen LogP) is 4.93. The van der Waals surface area contributed by atoms with Crippen molar-refractivity contribution in [3.05, 3.63) is 71.8 Å². The second kappa shape index (κ2) is 23.8. The molecule has 0 aliphatic carbocycles. The van der Waals surface area contributed by atoms with Gasteiger partial charge < -0.3 is 68.0 Å². The summed E-state index contributed by atoms with van der Waals surface area (Å²) in [4.78, 5) is 43.9. The molecule has 0 aromatic heterocycles. The van der Waals surface area contributed by atoms with Crippen molar-refractivity contribution in [3.63, 3.8) is 0 Å². The molecule has 0 spiro atoms. The summed E-state index contributed by atoms with van der Waals surface area (Å²) in [7, 11) is 6.77. The highest BCUT2D eigenvalue weighted by Crippen LogP contribution is 2.43. The van der Waals surface area contributed by atoms with Gasteiger partial charge in [-0.2, -0.15) is 0 Å². The van der Waals surface area contributed by atoms with Crippen molar-refractivity contribution in [1.29, 1.82) is 0 Å². The van der Waals surface area contributed by atoms with Crippen LogP contribution in [-0.4, -0.2) is 169 Å². The summed E-state index contributed by atoms with van der Waals surface area (Å²) in [6, 6.07) is 16.8. The first-order valence-corrected chi connectivity index (χ1v) is 24.3. The Kier molecular flexibility index (Phi) is 19.4. The minimum Gasteiger partial charge on any atom is -0.459 e. The van der Waals surface area contributed by atoms with Gasteiger partial charge in [0.05, 0.1) is 71.9 Å². The molecule has 0 amide bonds. The van der Waals surface area contributed by atoms with Gasteiger partial charge in [0.25, 0.3) is 0 Å². The number of carbonyl (C=O) groups is 3. The topological polar surface area (TPSA) is 218 Å². The molecule has 17 heteroatoms. The molecule has 69 heavy (non-hydrogen) atoms. The Hall–Kier alpha value is -3.59. The van der Waals surface area contributed by atoms with Crippen LogP contribution in [0.5, 0.6) is 0 Å². The lowest BCUT2D eigenvalue weighted by Crippen LogP contribution is -2.63. The van der Waals surface area contributed by atoms with Crippen molar-refractivity contribution in [2.75, 3.05) is 34.9 Å². The molecule has 2 aromatic carbocycles. The maximum Gasteiger partial charge on any atom is 0.338 e. The third kappa shape index (κ3) is 12.5. The lowest BCUT2D eigenvalue weighted by atomic mass is 9.73. The minimum absolute atomic E-state index is 0.00855. The van der Waals surface area contributed by atoms with Crippen LogP contribution in [0.2, 0.25) is 0 Å². The molecule has 3 fully saturated rings. The van der Waals surface area contributed by atoms with E-state index >= 15 is 0 Å². The van der Waals surface area contributed by atoms with E-state index in [1.807, 2.05) is 32.8 Å². The highest BCUT2D eigenvalue weighted by atomic mass is 16.7. The van der Waals surface area contributed by atoms with E-state index < -0.39 is 126 Å². The van der Waals surface area contributed by atoms with Crippen LogP contribution in [0, 0.1) is 23.7 Å². The van der Waals surface area contributed by atoms with E-state index in [0.29, 0.717) is 17.5 Å². The van der Waals surface area contributed by atoms with Gasteiger partial charge in [0.2, 0.25) is 0 Å². The molecule has 0 unspecified atom stereocenters. The van der Waals surface area contributed by atoms with Crippen LogP contribution in [0.1, 0.15) is 109 Å². The van der Waals surface area contributed by atoms with Gasteiger partial charge in [0, 0.05) is 32.5 Å². The maximum absolute atomic E-state index is 14.7. The van der Waals surface area contributed by atoms with Crippen LogP contribution in [0.15, 0.2) is 60.7 Å². The van der Waals surface area contributed by atoms with Crippen LogP contribution < -0.4 is 0 Å². The number of aliphatic hydroxyl groups excluding tert-OH is 3. The zero-order chi connectivity index (χ0) is 51.2. The molecule has 3 aliphatic heterocycles. The molecular weight excluding hydrogens is 895 g/mol. The number of esters is 3. The van der Waals surface area contributed by atoms with E-state index in [9.17, 15) is 34.8 Å². The van der Waals surface area contributed by atoms with Crippen molar-refractivity contribution >= 4 is 17.9 Å². The van der Waals surface area contributed by atoms with Crippen molar-refractivity contribution in [2.45, 2.75) is 178 Å². The summed E-state index contributed by atoms with van der Waals surface area (Å²) in [6.45, 7) is 14.6. The summed E-state index contributed by atoms with van der Waals surface area (Å²) in [5, 5.41) is 46.4. The Morgan fingerprint density at radius 1 is 0.768 bits per heavy atom. The first-order chi connectivity index (χ1) is 32.5. The molecule has 388 valence electrons. The van der Waals surface area contributed by atoms with Crippen LogP contribution in [0.25, 0.3) is 0 Å². The quantitative estimate of drug-likeness (QED) is 0.154. The Morgan fingerprint density at radius 2 is 1.32 bits per heavy atom. The predicted molar refractivity (Wildman–Crippen MR) is 253 cm³/mol. The Bertz CT molecular complexity index is 1960. The highest BCUT2D eigenvalue weighted by Gasteiger charge is 2.56. The number of cyclic esters (lactones) is 1. The van der Waals surface area contributed by atoms with E-state index in [1.54, 1.807) is 109 Å². The number of methoxy groups -OCH3 is 2. The van der Waals surface area contributed by atoms with Crippen molar-refractivity contribution < 1.29 is 77.4 Å². The number of benzene rings is 2. The van der Waals surface area contributed by atoms with Crippen molar-refractivity contribution in [2.24, 2.45) is 23.7 Å². The minimum atomic E-state index is -2.37. The first kappa shape index (κ1) is 56.3. The van der Waals surface area contributed by atoms with Gasteiger partial charge in [-0.05, 0) is 98.2 Å². The zero-order valence-corrected chi connectivity index (χ0v) is 42.7. The zero-order valence-electron chi connectivity index (χ0n) is 42.7. The van der Waals surface area contributed by atoms with E-state index in [4.69, 9.17) is 42.6 Å². The summed E-state index contributed by atoms with van der Waals surface area (Å²) < 4.78 is 58.3. The van der Waals surface area contributed by atoms with E-state index in [2.05, 4.69) is 0 Å². The van der Waals surface area contributed by atoms with E-state index in [-0.39, 0.29) is 31.4 Å². The molecule has 4 N–H and O–H groups in total. The van der Waals surface area contributed by atoms with Gasteiger partial charge in [-0.25, -0.2) is 9.59 Å². The smallest absolute Gasteiger partial charge is 0.338 e. The Morgan fingerprint density at radius 3 is 1.84 bits per heavy atom. The molecule has 19 atom stereocenters. The molecule has 3 aliphatic rings. The molecular formula is C52H79NO16.